The van der Waals surface area contributed by atoms with Crippen molar-refractivity contribution in [2.45, 2.75) is 39.4 Å². The van der Waals surface area contributed by atoms with Crippen molar-refractivity contribution in [1.82, 2.24) is 34.8 Å². The summed E-state index contributed by atoms with van der Waals surface area (Å²) in [5.74, 6) is 0.693. The normalized spacial score (nSPS) is 12.1. The Morgan fingerprint density at radius 2 is 2.27 bits per heavy atom. The quantitative estimate of drug-likeness (QED) is 0.621. The van der Waals surface area contributed by atoms with Crippen molar-refractivity contribution in [3.63, 3.8) is 0 Å². The van der Waals surface area contributed by atoms with Crippen molar-refractivity contribution in [1.29, 1.82) is 0 Å². The van der Waals surface area contributed by atoms with Gasteiger partial charge in [-0.1, -0.05) is 23.8 Å². The third-order valence-electron chi connectivity index (χ3n) is 3.93. The van der Waals surface area contributed by atoms with Crippen molar-refractivity contribution in [3.8, 4) is 11.4 Å². The molecule has 136 valence electrons. The molecule has 1 unspecified atom stereocenters. The van der Waals surface area contributed by atoms with Crippen LogP contribution in [0.2, 0.25) is 0 Å². The van der Waals surface area contributed by atoms with Crippen molar-refractivity contribution >= 4 is 18.1 Å². The lowest BCUT2D eigenvalue weighted by Crippen LogP contribution is -2.36. The number of nitrogens with one attached hydrogen (secondary N) is 2. The van der Waals surface area contributed by atoms with Gasteiger partial charge in [-0.25, -0.2) is 4.98 Å². The van der Waals surface area contributed by atoms with Crippen LogP contribution in [0.4, 0.5) is 0 Å². The van der Waals surface area contributed by atoms with Gasteiger partial charge >= 0.3 is 0 Å². The van der Waals surface area contributed by atoms with Crippen LogP contribution in [0.3, 0.4) is 0 Å². The zero-order valence-electron chi connectivity index (χ0n) is 14.7. The van der Waals surface area contributed by atoms with Crippen LogP contribution in [0.15, 0.2) is 36.9 Å². The molecular formula is C17H21N7OS. The summed E-state index contributed by atoms with van der Waals surface area (Å²) in [6.07, 6.45) is 3.41. The topological polar surface area (TPSA) is 93.4 Å². The third-order valence-corrected chi connectivity index (χ3v) is 4.24. The molecule has 8 nitrogen and oxygen atoms in total. The average molecular weight is 371 g/mol. The summed E-state index contributed by atoms with van der Waals surface area (Å²) >= 11 is 5.32. The fraction of sp³-hybridized carbons (Fsp3) is 0.353. The second-order valence-electron chi connectivity index (χ2n) is 6.21. The molecular weight excluding hydrogens is 350 g/mol. The van der Waals surface area contributed by atoms with Crippen LogP contribution in [-0.2, 0) is 17.9 Å². The fourth-order valence-corrected chi connectivity index (χ4v) is 2.97. The second-order valence-corrected chi connectivity index (χ2v) is 6.60. The van der Waals surface area contributed by atoms with Crippen LogP contribution in [0.5, 0.6) is 0 Å². The van der Waals surface area contributed by atoms with Gasteiger partial charge in [0.05, 0.1) is 6.54 Å². The summed E-state index contributed by atoms with van der Waals surface area (Å²) in [4.78, 5) is 16.1. The highest BCUT2D eigenvalue weighted by atomic mass is 32.1. The number of hydrogen-bond acceptors (Lipinski definition) is 5. The van der Waals surface area contributed by atoms with Gasteiger partial charge in [-0.05, 0) is 32.1 Å². The Balaban J connectivity index is 1.62. The molecule has 0 saturated heterocycles. The number of aromatic nitrogens is 6. The number of rotatable bonds is 7. The number of aromatic amines is 1. The Hall–Kier alpha value is -2.81. The average Bonchev–Trinajstić information content (AvgIpc) is 3.22. The van der Waals surface area contributed by atoms with Gasteiger partial charge in [0.2, 0.25) is 5.91 Å². The number of amides is 1. The predicted molar refractivity (Wildman–Crippen MR) is 99.8 cm³/mol. The molecule has 0 fully saturated rings. The highest BCUT2D eigenvalue weighted by Gasteiger charge is 2.12. The highest BCUT2D eigenvalue weighted by molar-refractivity contribution is 7.71. The van der Waals surface area contributed by atoms with Crippen LogP contribution in [0.1, 0.15) is 18.9 Å². The minimum absolute atomic E-state index is 0.0437. The van der Waals surface area contributed by atoms with Crippen LogP contribution >= 0.6 is 12.2 Å². The van der Waals surface area contributed by atoms with E-state index < -0.39 is 0 Å². The van der Waals surface area contributed by atoms with Crippen molar-refractivity contribution in [2.24, 2.45) is 0 Å². The molecule has 0 spiro atoms. The zero-order chi connectivity index (χ0) is 18.5. The van der Waals surface area contributed by atoms with E-state index in [-0.39, 0.29) is 11.9 Å². The van der Waals surface area contributed by atoms with Crippen LogP contribution in [0.25, 0.3) is 11.4 Å². The van der Waals surface area contributed by atoms with E-state index in [0.29, 0.717) is 24.3 Å². The molecule has 3 rings (SSSR count). The number of carbonyl (C=O) groups excluding carboxylic acids is 1. The number of hydrogen-bond donors (Lipinski definition) is 2. The van der Waals surface area contributed by atoms with Crippen molar-refractivity contribution in [2.75, 3.05) is 0 Å². The summed E-state index contributed by atoms with van der Waals surface area (Å²) in [6, 6.07) is 7.98. The predicted octanol–water partition coefficient (Wildman–Crippen LogP) is 2.10. The molecule has 0 radical (unpaired) electrons. The summed E-state index contributed by atoms with van der Waals surface area (Å²) in [5.41, 5.74) is 2.11. The van der Waals surface area contributed by atoms with Crippen LogP contribution < -0.4 is 5.32 Å². The maximum absolute atomic E-state index is 12.3. The van der Waals surface area contributed by atoms with Gasteiger partial charge in [-0.15, -0.1) is 0 Å². The Kier molecular flexibility index (Phi) is 5.57. The summed E-state index contributed by atoms with van der Waals surface area (Å²) in [5, 5.41) is 14.1. The van der Waals surface area contributed by atoms with Gasteiger partial charge in [-0.2, -0.15) is 10.2 Å². The van der Waals surface area contributed by atoms with Crippen LogP contribution in [0, 0.1) is 11.7 Å². The maximum atomic E-state index is 12.3. The van der Waals surface area contributed by atoms with E-state index in [4.69, 9.17) is 12.2 Å². The van der Waals surface area contributed by atoms with E-state index in [2.05, 4.69) is 25.6 Å². The molecule has 0 saturated carbocycles. The van der Waals surface area contributed by atoms with E-state index in [0.717, 1.165) is 17.0 Å². The summed E-state index contributed by atoms with van der Waals surface area (Å²) < 4.78 is 4.05. The molecule has 0 aliphatic carbocycles. The van der Waals surface area contributed by atoms with Crippen molar-refractivity contribution in [3.05, 3.63) is 47.3 Å². The first-order valence-corrected chi connectivity index (χ1v) is 8.78. The third kappa shape index (κ3) is 4.42. The Bertz CT molecular complexity index is 929. The molecule has 0 aliphatic rings. The zero-order valence-corrected chi connectivity index (χ0v) is 15.5. The van der Waals surface area contributed by atoms with E-state index in [9.17, 15) is 4.79 Å². The lowest BCUT2D eigenvalue weighted by Gasteiger charge is -2.14. The minimum Gasteiger partial charge on any atom is -0.352 e. The van der Waals surface area contributed by atoms with Gasteiger partial charge < -0.3 is 5.32 Å². The molecule has 2 aromatic heterocycles. The Morgan fingerprint density at radius 3 is 3.00 bits per heavy atom. The van der Waals surface area contributed by atoms with Crippen LogP contribution in [-0.4, -0.2) is 41.5 Å². The monoisotopic (exact) mass is 371 g/mol. The van der Waals surface area contributed by atoms with Gasteiger partial charge in [0.1, 0.15) is 12.7 Å². The maximum Gasteiger partial charge on any atom is 0.222 e. The smallest absolute Gasteiger partial charge is 0.222 e. The molecule has 1 atom stereocenters. The first-order valence-electron chi connectivity index (χ1n) is 8.37. The minimum atomic E-state index is -0.0455. The number of benzene rings is 1. The van der Waals surface area contributed by atoms with E-state index in [1.807, 2.05) is 42.7 Å². The van der Waals surface area contributed by atoms with Gasteiger partial charge in [0.15, 0.2) is 10.6 Å². The SMILES string of the molecule is Cc1cccc(-c2n[nH]c(=S)n2CCC(=O)NC(C)Cn2cncn2)c1. The molecule has 2 heterocycles. The fourth-order valence-electron chi connectivity index (χ4n) is 2.74. The number of H-pyrrole nitrogens is 1. The second kappa shape index (κ2) is 8.05. The highest BCUT2D eigenvalue weighted by Crippen LogP contribution is 2.18. The van der Waals surface area contributed by atoms with E-state index >= 15 is 0 Å². The largest absolute Gasteiger partial charge is 0.352 e. The molecule has 1 aromatic carbocycles. The van der Waals surface area contributed by atoms with E-state index in [1.165, 1.54) is 6.33 Å². The molecule has 1 amide bonds. The summed E-state index contributed by atoms with van der Waals surface area (Å²) in [7, 11) is 0. The number of aryl methyl sites for hydroxylation is 1. The first-order chi connectivity index (χ1) is 12.5. The van der Waals surface area contributed by atoms with Gasteiger partial charge in [0, 0.05) is 24.6 Å². The summed E-state index contributed by atoms with van der Waals surface area (Å²) in [6.45, 7) is 4.99. The molecule has 9 heteroatoms. The van der Waals surface area contributed by atoms with Gasteiger partial charge in [0.25, 0.3) is 0 Å². The molecule has 2 N–H and O–H groups in total. The standard InChI is InChI=1S/C17H21N7OS/c1-12-4-3-5-14(8-12)16-21-22-17(26)24(16)7-6-15(25)20-13(2)9-23-11-18-10-19-23/h3-5,8,10-11,13H,6-7,9H2,1-2H3,(H,20,25)(H,22,26). The van der Waals surface area contributed by atoms with E-state index in [1.54, 1.807) is 11.0 Å². The Morgan fingerprint density at radius 1 is 1.42 bits per heavy atom. The lowest BCUT2D eigenvalue weighted by molar-refractivity contribution is -0.122. The molecule has 3 aromatic rings. The molecule has 0 bridgehead atoms. The first kappa shape index (κ1) is 18.0. The number of nitrogens with zero attached hydrogens (tertiary/aromatic N) is 5. The molecule has 26 heavy (non-hydrogen) atoms. The molecule has 0 aliphatic heterocycles. The lowest BCUT2D eigenvalue weighted by atomic mass is 10.1. The van der Waals surface area contributed by atoms with Gasteiger partial charge in [-0.3, -0.25) is 19.1 Å². The Labute approximate surface area is 156 Å². The number of carbonyl (C=O) groups is 1. The van der Waals surface area contributed by atoms with Crippen molar-refractivity contribution < 1.29 is 4.79 Å².